The molecule has 3 saturated heterocycles. The number of ether oxygens (including phenoxy) is 1. The molecule has 1 unspecified atom stereocenters. The first-order valence-electron chi connectivity index (χ1n) is 21.1. The molecule has 1 atom stereocenters. The Morgan fingerprint density at radius 1 is 0.933 bits per heavy atom. The third-order valence-corrected chi connectivity index (χ3v) is 13.5. The lowest BCUT2D eigenvalue weighted by Crippen LogP contribution is -2.55. The smallest absolute Gasteiger partial charge is 0.262 e. The van der Waals surface area contributed by atoms with Crippen molar-refractivity contribution in [2.45, 2.75) is 82.8 Å². The van der Waals surface area contributed by atoms with Gasteiger partial charge in [0.05, 0.1) is 41.2 Å². The minimum absolute atomic E-state index is 0.0217. The van der Waals surface area contributed by atoms with Crippen LogP contribution in [0.5, 0.6) is 5.75 Å². The normalized spacial score (nSPS) is 20.9. The van der Waals surface area contributed by atoms with Gasteiger partial charge >= 0.3 is 0 Å². The molecular weight excluding hydrogens is 765 g/mol. The molecule has 2 N–H and O–H groups in total. The second kappa shape index (κ2) is 14.8. The topological polar surface area (TPSA) is 176 Å². The van der Waals surface area contributed by atoms with E-state index in [4.69, 9.17) is 9.84 Å². The molecular formula is C44H48N10O6. The van der Waals surface area contributed by atoms with Crippen molar-refractivity contribution in [1.82, 2.24) is 39.5 Å². The Morgan fingerprint density at radius 2 is 1.72 bits per heavy atom. The standard InChI is InChI=1S/C44H48N10O6/c1-44(2,28-10-16-50(17-11-28)30-6-7-31-32(21-30)43(59)54(42(31)58)36-8-9-38(55)48-41(36)57)51-18-12-29(13-19-51)53-24-27-20-35(37(22-34(27)49-53)60-25-26-4-5-26)47-40(56)33-23-46-52-15-3-14-45-39(33)52/h3,6-7,14-15,20-24,26,28-29,36H,4-5,8-13,16-19,25H2,1-2H3,(H,47,56)(H,48,55,57). The lowest BCUT2D eigenvalue weighted by molar-refractivity contribution is -0.136. The number of carbonyl (C=O) groups excluding carboxylic acids is 5. The van der Waals surface area contributed by atoms with Gasteiger partial charge in [-0.2, -0.15) is 10.2 Å². The second-order valence-corrected chi connectivity index (χ2v) is 17.5. The molecule has 60 heavy (non-hydrogen) atoms. The summed E-state index contributed by atoms with van der Waals surface area (Å²) in [5.41, 5.74) is 3.78. The van der Waals surface area contributed by atoms with Crippen LogP contribution in [-0.4, -0.2) is 108 Å². The highest BCUT2D eigenvalue weighted by molar-refractivity contribution is 6.23. The highest BCUT2D eigenvalue weighted by Crippen LogP contribution is 2.40. The van der Waals surface area contributed by atoms with Gasteiger partial charge in [0.15, 0.2) is 5.65 Å². The molecule has 4 aliphatic heterocycles. The third kappa shape index (κ3) is 6.85. The highest BCUT2D eigenvalue weighted by atomic mass is 16.5. The van der Waals surface area contributed by atoms with Gasteiger partial charge in [-0.05, 0) is 101 Å². The molecule has 0 bridgehead atoms. The second-order valence-electron chi connectivity index (χ2n) is 17.5. The van der Waals surface area contributed by atoms with Crippen LogP contribution in [0.1, 0.15) is 102 Å². The van der Waals surface area contributed by atoms with E-state index in [2.05, 4.69) is 55.2 Å². The van der Waals surface area contributed by atoms with Crippen molar-refractivity contribution in [2.75, 3.05) is 43.0 Å². The molecule has 4 fully saturated rings. The fourth-order valence-corrected chi connectivity index (χ4v) is 9.61. The van der Waals surface area contributed by atoms with E-state index < -0.39 is 29.7 Å². The average Bonchev–Trinajstić information content (AvgIpc) is 3.75. The van der Waals surface area contributed by atoms with Crippen molar-refractivity contribution in [2.24, 2.45) is 11.8 Å². The van der Waals surface area contributed by atoms with Crippen LogP contribution in [0.4, 0.5) is 11.4 Å². The summed E-state index contributed by atoms with van der Waals surface area (Å²) in [7, 11) is 0. The number of piperidine rings is 3. The summed E-state index contributed by atoms with van der Waals surface area (Å²) < 4.78 is 9.94. The first kappa shape index (κ1) is 38.1. The first-order valence-corrected chi connectivity index (χ1v) is 21.1. The number of amides is 5. The molecule has 10 rings (SSSR count). The fourth-order valence-electron chi connectivity index (χ4n) is 9.61. The Hall–Kier alpha value is -6.16. The summed E-state index contributed by atoms with van der Waals surface area (Å²) in [6.45, 7) is 8.88. The molecule has 3 aromatic heterocycles. The van der Waals surface area contributed by atoms with E-state index in [9.17, 15) is 24.0 Å². The van der Waals surface area contributed by atoms with Gasteiger partial charge in [0.1, 0.15) is 17.4 Å². The number of benzene rings is 2. The summed E-state index contributed by atoms with van der Waals surface area (Å²) in [5.74, 6) is -0.651. The van der Waals surface area contributed by atoms with E-state index in [0.29, 0.717) is 52.2 Å². The SMILES string of the molecule is CC(C)(C1CCN(c2ccc3c(c2)C(=O)N(C2CCC(=O)NC2=O)C3=O)CC1)N1CCC(n2cc3cc(NC(=O)c4cnn5cccnc45)c(OCC4CC4)cc3n2)CC1. The van der Waals surface area contributed by atoms with Crippen molar-refractivity contribution >= 4 is 57.5 Å². The van der Waals surface area contributed by atoms with Crippen LogP contribution < -0.4 is 20.3 Å². The molecule has 1 saturated carbocycles. The number of nitrogens with zero attached hydrogens (tertiary/aromatic N) is 8. The molecule has 5 amide bonds. The number of aromatic nitrogens is 5. The number of nitrogens with one attached hydrogen (secondary N) is 2. The van der Waals surface area contributed by atoms with E-state index in [1.54, 1.807) is 35.1 Å². The minimum Gasteiger partial charge on any atom is -0.491 e. The Balaban J connectivity index is 0.775. The molecule has 310 valence electrons. The molecule has 5 aliphatic rings. The van der Waals surface area contributed by atoms with Crippen molar-refractivity contribution in [3.8, 4) is 5.75 Å². The Bertz CT molecular complexity index is 2560. The zero-order chi connectivity index (χ0) is 41.3. The summed E-state index contributed by atoms with van der Waals surface area (Å²) in [6, 6.07) is 10.3. The maximum absolute atomic E-state index is 13.5. The maximum Gasteiger partial charge on any atom is 0.262 e. The van der Waals surface area contributed by atoms with Crippen molar-refractivity contribution in [3.63, 3.8) is 0 Å². The lowest BCUT2D eigenvalue weighted by atomic mass is 9.78. The van der Waals surface area contributed by atoms with Gasteiger partial charge in [-0.1, -0.05) is 0 Å². The molecule has 0 spiro atoms. The van der Waals surface area contributed by atoms with Crippen molar-refractivity contribution in [1.29, 1.82) is 0 Å². The fraction of sp³-hybridized carbons (Fsp3) is 0.455. The summed E-state index contributed by atoms with van der Waals surface area (Å²) in [4.78, 5) is 74.6. The van der Waals surface area contributed by atoms with Crippen molar-refractivity contribution in [3.05, 3.63) is 77.9 Å². The molecule has 5 aromatic rings. The minimum atomic E-state index is -0.978. The lowest BCUT2D eigenvalue weighted by Gasteiger charge is -2.49. The highest BCUT2D eigenvalue weighted by Gasteiger charge is 2.45. The Labute approximate surface area is 346 Å². The molecule has 1 aliphatic carbocycles. The molecule has 16 heteroatoms. The van der Waals surface area contributed by atoms with E-state index in [-0.39, 0.29) is 30.3 Å². The number of rotatable bonds is 10. The third-order valence-electron chi connectivity index (χ3n) is 13.5. The summed E-state index contributed by atoms with van der Waals surface area (Å²) in [5, 5.41) is 15.6. The quantitative estimate of drug-likeness (QED) is 0.184. The van der Waals surface area contributed by atoms with Gasteiger partial charge in [0.25, 0.3) is 17.7 Å². The predicted molar refractivity (Wildman–Crippen MR) is 221 cm³/mol. The monoisotopic (exact) mass is 812 g/mol. The number of hydrogen-bond donors (Lipinski definition) is 2. The Morgan fingerprint density at radius 3 is 2.48 bits per heavy atom. The van der Waals surface area contributed by atoms with Crippen LogP contribution in [0.3, 0.4) is 0 Å². The largest absolute Gasteiger partial charge is 0.491 e. The van der Waals surface area contributed by atoms with E-state index in [1.807, 2.05) is 18.2 Å². The van der Waals surface area contributed by atoms with Gasteiger partial charge < -0.3 is 15.0 Å². The number of fused-ring (bicyclic) bond motifs is 3. The van der Waals surface area contributed by atoms with Gasteiger partial charge in [-0.15, -0.1) is 0 Å². The summed E-state index contributed by atoms with van der Waals surface area (Å²) in [6.07, 6.45) is 13.4. The van der Waals surface area contributed by atoms with Gasteiger partial charge in [0.2, 0.25) is 11.8 Å². The number of anilines is 2. The van der Waals surface area contributed by atoms with Crippen molar-refractivity contribution < 1.29 is 28.7 Å². The van der Waals surface area contributed by atoms with Gasteiger partial charge in [0, 0.05) is 73.9 Å². The number of imide groups is 2. The van der Waals surface area contributed by atoms with E-state index in [1.165, 1.54) is 6.20 Å². The van der Waals surface area contributed by atoms with E-state index in [0.717, 1.165) is 86.2 Å². The number of likely N-dealkylation sites (tertiary alicyclic amines) is 1. The van der Waals surface area contributed by atoms with Gasteiger partial charge in [-0.3, -0.25) is 43.8 Å². The first-order chi connectivity index (χ1) is 29.0. The molecule has 7 heterocycles. The zero-order valence-corrected chi connectivity index (χ0v) is 33.8. The predicted octanol–water partition coefficient (Wildman–Crippen LogP) is 4.85. The molecule has 2 aromatic carbocycles. The van der Waals surface area contributed by atoms with Crippen LogP contribution >= 0.6 is 0 Å². The van der Waals surface area contributed by atoms with Crippen LogP contribution in [0.25, 0.3) is 16.6 Å². The van der Waals surface area contributed by atoms with Crippen LogP contribution in [0, 0.1) is 11.8 Å². The van der Waals surface area contributed by atoms with Crippen LogP contribution in [0.2, 0.25) is 0 Å². The summed E-state index contributed by atoms with van der Waals surface area (Å²) >= 11 is 0. The number of hydrogen-bond acceptors (Lipinski definition) is 11. The number of carbonyl (C=O) groups is 5. The maximum atomic E-state index is 13.5. The molecule has 0 radical (unpaired) electrons. The van der Waals surface area contributed by atoms with Gasteiger partial charge in [-0.25, -0.2) is 9.50 Å². The molecule has 16 nitrogen and oxygen atoms in total. The average molecular weight is 813 g/mol. The van der Waals surface area contributed by atoms with Crippen LogP contribution in [0.15, 0.2) is 61.2 Å². The Kier molecular flexibility index (Phi) is 9.41. The zero-order valence-electron chi connectivity index (χ0n) is 33.8. The van der Waals surface area contributed by atoms with Crippen LogP contribution in [-0.2, 0) is 9.59 Å². The van der Waals surface area contributed by atoms with E-state index >= 15 is 0 Å².